The monoisotopic (exact) mass is 452 g/mol. The van der Waals surface area contributed by atoms with Gasteiger partial charge in [-0.3, -0.25) is 9.59 Å². The molecule has 2 amide bonds. The highest BCUT2D eigenvalue weighted by atomic mass is 32.2. The van der Waals surface area contributed by atoms with Crippen molar-refractivity contribution in [2.45, 2.75) is 90.9 Å². The van der Waals surface area contributed by atoms with E-state index in [2.05, 4.69) is 13.8 Å². The Kier molecular flexibility index (Phi) is 12.7. The van der Waals surface area contributed by atoms with Crippen LogP contribution in [0.3, 0.4) is 0 Å². The summed E-state index contributed by atoms with van der Waals surface area (Å²) in [6, 6.07) is 0. The molecule has 0 saturated carbocycles. The van der Waals surface area contributed by atoms with Crippen molar-refractivity contribution in [1.82, 2.24) is 9.80 Å². The molecule has 0 aromatic carbocycles. The van der Waals surface area contributed by atoms with Gasteiger partial charge in [-0.15, -0.1) is 23.5 Å². The van der Waals surface area contributed by atoms with Crippen LogP contribution < -0.4 is 0 Å². The van der Waals surface area contributed by atoms with Crippen LogP contribution in [0.25, 0.3) is 0 Å². The maximum Gasteiger partial charge on any atom is 0.213 e. The number of hydrogen-bond acceptors (Lipinski definition) is 4. The Bertz CT molecular complexity index is 540. The third-order valence-electron chi connectivity index (χ3n) is 6.18. The van der Waals surface area contributed by atoms with Gasteiger partial charge in [-0.05, 0) is 39.5 Å². The van der Waals surface area contributed by atoms with E-state index in [1.807, 2.05) is 33.3 Å². The smallest absolute Gasteiger partial charge is 0.213 e. The van der Waals surface area contributed by atoms with Crippen LogP contribution in [0.1, 0.15) is 90.9 Å². The van der Waals surface area contributed by atoms with Gasteiger partial charge in [0.1, 0.15) is 0 Å². The molecule has 0 N–H and O–H groups in total. The van der Waals surface area contributed by atoms with E-state index in [0.717, 1.165) is 51.6 Å². The number of carbonyl (C=O) groups excluding carboxylic acids is 2. The number of carbonyl (C=O) groups is 2. The van der Waals surface area contributed by atoms with Gasteiger partial charge in [0, 0.05) is 45.8 Å². The number of nitrogens with zero attached hydrogens (tertiary/aromatic N) is 2. The Morgan fingerprint density at radius 2 is 0.967 bits per heavy atom. The van der Waals surface area contributed by atoms with Gasteiger partial charge < -0.3 is 9.80 Å². The molecule has 0 bridgehead atoms. The van der Waals surface area contributed by atoms with E-state index in [9.17, 15) is 9.59 Å². The van der Waals surface area contributed by atoms with Crippen molar-refractivity contribution in [3.63, 3.8) is 0 Å². The van der Waals surface area contributed by atoms with Gasteiger partial charge >= 0.3 is 0 Å². The molecule has 0 radical (unpaired) electrons. The van der Waals surface area contributed by atoms with E-state index in [4.69, 9.17) is 0 Å². The van der Waals surface area contributed by atoms with Gasteiger partial charge in [0.25, 0.3) is 0 Å². The third-order valence-corrected chi connectivity index (χ3v) is 8.69. The predicted molar refractivity (Wildman–Crippen MR) is 131 cm³/mol. The summed E-state index contributed by atoms with van der Waals surface area (Å²) in [6.07, 6.45) is 16.7. The van der Waals surface area contributed by atoms with Crippen LogP contribution in [-0.4, -0.2) is 47.2 Å². The highest BCUT2D eigenvalue weighted by molar-refractivity contribution is 8.04. The summed E-state index contributed by atoms with van der Waals surface area (Å²) in [6.45, 7) is 5.90. The lowest BCUT2D eigenvalue weighted by atomic mass is 10.1. The molecular weight excluding hydrogens is 412 g/mol. The SMILES string of the molecule is C/C(=C1\CCS1)N(C=O)CCCCCCCCCCCCN(C=O)/C(C)=C1/CCS1. The van der Waals surface area contributed by atoms with Crippen molar-refractivity contribution in [2.75, 3.05) is 24.6 Å². The molecule has 0 atom stereocenters. The summed E-state index contributed by atoms with van der Waals surface area (Å²) in [7, 11) is 0. The summed E-state index contributed by atoms with van der Waals surface area (Å²) in [5.41, 5.74) is 2.34. The van der Waals surface area contributed by atoms with Crippen molar-refractivity contribution < 1.29 is 9.59 Å². The first-order valence-corrected chi connectivity index (χ1v) is 13.7. The number of allylic oxidation sites excluding steroid dienone is 4. The number of unbranched alkanes of at least 4 members (excludes halogenated alkanes) is 9. The summed E-state index contributed by atoms with van der Waals surface area (Å²) in [5.74, 6) is 2.40. The van der Waals surface area contributed by atoms with E-state index < -0.39 is 0 Å². The van der Waals surface area contributed by atoms with Crippen molar-refractivity contribution in [1.29, 1.82) is 0 Å². The third kappa shape index (κ3) is 8.70. The van der Waals surface area contributed by atoms with Crippen molar-refractivity contribution in [3.05, 3.63) is 21.2 Å². The first-order chi connectivity index (χ1) is 14.7. The van der Waals surface area contributed by atoms with Crippen LogP contribution >= 0.6 is 23.5 Å². The molecule has 2 saturated heterocycles. The topological polar surface area (TPSA) is 40.6 Å². The second-order valence-electron chi connectivity index (χ2n) is 8.35. The molecule has 6 heteroatoms. The first kappa shape index (κ1) is 25.4. The summed E-state index contributed by atoms with van der Waals surface area (Å²) >= 11 is 3.77. The quantitative estimate of drug-likeness (QED) is 0.185. The lowest BCUT2D eigenvalue weighted by Gasteiger charge is -2.25. The molecule has 2 rings (SSSR count). The van der Waals surface area contributed by atoms with Gasteiger partial charge in [0.2, 0.25) is 12.8 Å². The van der Waals surface area contributed by atoms with Crippen LogP contribution in [0.4, 0.5) is 0 Å². The van der Waals surface area contributed by atoms with Crippen molar-refractivity contribution >= 4 is 36.3 Å². The highest BCUT2D eigenvalue weighted by Gasteiger charge is 2.17. The maximum absolute atomic E-state index is 11.3. The van der Waals surface area contributed by atoms with E-state index in [1.54, 1.807) is 0 Å². The molecule has 0 aromatic rings. The van der Waals surface area contributed by atoms with Crippen LogP contribution in [0.15, 0.2) is 21.2 Å². The Balaban J connectivity index is 1.39. The molecule has 4 nitrogen and oxygen atoms in total. The van der Waals surface area contributed by atoms with Crippen LogP contribution in [0, 0.1) is 0 Å². The van der Waals surface area contributed by atoms with Crippen molar-refractivity contribution in [3.8, 4) is 0 Å². The second kappa shape index (κ2) is 15.0. The molecule has 30 heavy (non-hydrogen) atoms. The molecule has 170 valence electrons. The van der Waals surface area contributed by atoms with E-state index in [0.29, 0.717) is 0 Å². The highest BCUT2D eigenvalue weighted by Crippen LogP contribution is 2.36. The number of amides is 2. The Morgan fingerprint density at radius 1 is 0.667 bits per heavy atom. The fourth-order valence-corrected chi connectivity index (χ4v) is 5.35. The molecule has 0 aromatic heterocycles. The average Bonchev–Trinajstić information content (AvgIpc) is 2.65. The van der Waals surface area contributed by atoms with Gasteiger partial charge in [0.15, 0.2) is 0 Å². The number of rotatable bonds is 17. The molecule has 0 unspecified atom stereocenters. The van der Waals surface area contributed by atoms with Gasteiger partial charge in [0.05, 0.1) is 0 Å². The zero-order valence-electron chi connectivity index (χ0n) is 19.0. The minimum absolute atomic E-state index is 0.867. The molecule has 2 aliphatic rings. The van der Waals surface area contributed by atoms with Gasteiger partial charge in [-0.1, -0.05) is 51.4 Å². The lowest BCUT2D eigenvalue weighted by Crippen LogP contribution is -2.23. The minimum atomic E-state index is 0.867. The molecule has 2 aliphatic heterocycles. The molecular formula is C24H40N2O2S2. The average molecular weight is 453 g/mol. The predicted octanol–water partition coefficient (Wildman–Crippen LogP) is 6.54. The zero-order valence-corrected chi connectivity index (χ0v) is 20.6. The van der Waals surface area contributed by atoms with E-state index in [1.165, 1.54) is 84.1 Å². The van der Waals surface area contributed by atoms with Gasteiger partial charge in [-0.25, -0.2) is 0 Å². The standard InChI is InChI=1S/C24H40N2O2S2/c1-21(23-13-17-29-23)25(19-27)15-11-9-7-5-3-4-6-8-10-12-16-26(20-28)22(2)24-14-18-30-24/h19-20H,3-18H2,1-2H3/b23-21-,24-22-. The minimum Gasteiger partial charge on any atom is -0.318 e. The van der Waals surface area contributed by atoms with E-state index >= 15 is 0 Å². The largest absolute Gasteiger partial charge is 0.318 e. The zero-order chi connectivity index (χ0) is 21.6. The lowest BCUT2D eigenvalue weighted by molar-refractivity contribution is -0.117. The fraction of sp³-hybridized carbons (Fsp3) is 0.750. The van der Waals surface area contributed by atoms with Crippen LogP contribution in [0.5, 0.6) is 0 Å². The van der Waals surface area contributed by atoms with Crippen LogP contribution in [-0.2, 0) is 9.59 Å². The Morgan fingerprint density at radius 3 is 1.20 bits per heavy atom. The summed E-state index contributed by atoms with van der Waals surface area (Å²) in [4.78, 5) is 29.2. The molecule has 2 fully saturated rings. The molecule has 0 aliphatic carbocycles. The van der Waals surface area contributed by atoms with Gasteiger partial charge in [-0.2, -0.15) is 0 Å². The Hall–Kier alpha value is -0.880. The van der Waals surface area contributed by atoms with E-state index in [-0.39, 0.29) is 0 Å². The first-order valence-electron chi connectivity index (χ1n) is 11.8. The molecule has 2 heterocycles. The number of thioether (sulfide) groups is 2. The Labute approximate surface area is 192 Å². The van der Waals surface area contributed by atoms with Crippen molar-refractivity contribution in [2.24, 2.45) is 0 Å². The maximum atomic E-state index is 11.3. The fourth-order valence-electron chi connectivity index (χ4n) is 3.88. The normalized spacial score (nSPS) is 18.9. The second-order valence-corrected chi connectivity index (χ2v) is 10.7. The molecule has 0 spiro atoms. The van der Waals surface area contributed by atoms with Crippen LogP contribution in [0.2, 0.25) is 0 Å². The summed E-state index contributed by atoms with van der Waals surface area (Å²) < 4.78 is 0. The number of hydrogen-bond donors (Lipinski definition) is 0. The summed E-state index contributed by atoms with van der Waals surface area (Å²) in [5, 5.41) is 0.